The number of hydrogen-bond donors (Lipinski definition) is 0. The largest absolute Gasteiger partial charge is 0.469 e. The van der Waals surface area contributed by atoms with Crippen LogP contribution in [0.5, 0.6) is 0 Å². The van der Waals surface area contributed by atoms with Crippen LogP contribution in [0.1, 0.15) is 18.9 Å². The third-order valence-corrected chi connectivity index (χ3v) is 3.75. The molecule has 0 aliphatic rings. The Morgan fingerprint density at radius 2 is 1.88 bits per heavy atom. The number of ether oxygens (including phenoxy) is 2. The van der Waals surface area contributed by atoms with E-state index in [1.807, 2.05) is 30.3 Å². The van der Waals surface area contributed by atoms with Gasteiger partial charge in [-0.1, -0.05) is 40.7 Å². The van der Waals surface area contributed by atoms with Gasteiger partial charge in [0, 0.05) is 10.5 Å². The molecule has 10 nitrogen and oxygen atoms in total. The number of methoxy groups -OCH3 is 2. The maximum atomic E-state index is 12.1. The van der Waals surface area contributed by atoms with Gasteiger partial charge in [-0.2, -0.15) is 0 Å². The first-order valence-corrected chi connectivity index (χ1v) is 7.77. The zero-order valence-corrected chi connectivity index (χ0v) is 14.3. The van der Waals surface area contributed by atoms with Gasteiger partial charge in [0.25, 0.3) is 0 Å². The topological polar surface area (TPSA) is 132 Å². The summed E-state index contributed by atoms with van der Waals surface area (Å²) in [6.07, 6.45) is 1.87. The van der Waals surface area contributed by atoms with Crippen molar-refractivity contribution in [1.82, 2.24) is 15.0 Å². The number of nitrogens with zero attached hydrogens (tertiary/aromatic N) is 6. The molecule has 0 bridgehead atoms. The molecule has 1 aromatic carbocycles. The third-order valence-electron chi connectivity index (χ3n) is 3.75. The molecule has 0 N–H and O–H groups in total. The van der Waals surface area contributed by atoms with Crippen LogP contribution in [0.4, 0.5) is 0 Å². The molecular formula is C16H18N6O4. The van der Waals surface area contributed by atoms with Gasteiger partial charge < -0.3 is 9.47 Å². The minimum absolute atomic E-state index is 0.0943. The lowest BCUT2D eigenvalue weighted by atomic mass is 10.1. The Kier molecular flexibility index (Phi) is 6.69. The van der Waals surface area contributed by atoms with Gasteiger partial charge in [0.2, 0.25) is 0 Å². The van der Waals surface area contributed by atoms with Crippen LogP contribution in [0.3, 0.4) is 0 Å². The van der Waals surface area contributed by atoms with E-state index in [4.69, 9.17) is 10.3 Å². The van der Waals surface area contributed by atoms with Crippen molar-refractivity contribution in [2.45, 2.75) is 24.9 Å². The summed E-state index contributed by atoms with van der Waals surface area (Å²) in [5.74, 6) is -1.21. The fraction of sp³-hybridized carbons (Fsp3) is 0.375. The second-order valence-electron chi connectivity index (χ2n) is 5.31. The van der Waals surface area contributed by atoms with Gasteiger partial charge in [0.15, 0.2) is 6.04 Å². The zero-order valence-electron chi connectivity index (χ0n) is 14.3. The second kappa shape index (κ2) is 9.19. The molecule has 1 aromatic heterocycles. The van der Waals surface area contributed by atoms with E-state index in [0.717, 1.165) is 5.56 Å². The summed E-state index contributed by atoms with van der Waals surface area (Å²) >= 11 is 0. The van der Waals surface area contributed by atoms with E-state index in [2.05, 4.69) is 25.1 Å². The van der Waals surface area contributed by atoms with Gasteiger partial charge in [-0.15, -0.1) is 5.10 Å². The first-order valence-electron chi connectivity index (χ1n) is 7.77. The second-order valence-corrected chi connectivity index (χ2v) is 5.31. The Morgan fingerprint density at radius 1 is 1.19 bits per heavy atom. The molecule has 0 radical (unpaired) electrons. The first kappa shape index (κ1) is 18.9. The number of hydrogen-bond acceptors (Lipinski definition) is 7. The molecule has 2 unspecified atom stereocenters. The highest BCUT2D eigenvalue weighted by molar-refractivity contribution is 5.76. The maximum absolute atomic E-state index is 12.1. The number of esters is 2. The molecule has 0 fully saturated rings. The van der Waals surface area contributed by atoms with Crippen LogP contribution >= 0.6 is 0 Å². The smallest absolute Gasteiger partial charge is 0.330 e. The van der Waals surface area contributed by atoms with Gasteiger partial charge in [0.1, 0.15) is 11.7 Å². The highest BCUT2D eigenvalue weighted by atomic mass is 16.5. The molecule has 2 aromatic rings. The molecule has 0 aliphatic carbocycles. The van der Waals surface area contributed by atoms with Crippen LogP contribution in [0, 0.1) is 0 Å². The molecule has 10 heteroatoms. The minimum atomic E-state index is -1.03. The van der Waals surface area contributed by atoms with Gasteiger partial charge in [0.05, 0.1) is 20.4 Å². The van der Waals surface area contributed by atoms with Crippen molar-refractivity contribution in [3.05, 3.63) is 47.0 Å². The predicted octanol–water partition coefficient (Wildman–Crippen LogP) is 2.29. The molecule has 0 saturated carbocycles. The van der Waals surface area contributed by atoms with Gasteiger partial charge in [-0.3, -0.25) is 4.79 Å². The number of carbonyl (C=O) groups excluding carboxylic acids is 2. The maximum Gasteiger partial charge on any atom is 0.330 e. The normalized spacial score (nSPS) is 12.5. The van der Waals surface area contributed by atoms with Crippen LogP contribution in [0.2, 0.25) is 0 Å². The lowest BCUT2D eigenvalue weighted by Crippen LogP contribution is -2.26. The summed E-state index contributed by atoms with van der Waals surface area (Å²) < 4.78 is 10.8. The number of azide groups is 1. The Hall–Kier alpha value is -3.39. The van der Waals surface area contributed by atoms with E-state index in [1.165, 1.54) is 18.9 Å². The molecule has 0 spiro atoms. The van der Waals surface area contributed by atoms with E-state index < -0.39 is 24.0 Å². The summed E-state index contributed by atoms with van der Waals surface area (Å²) in [5.41, 5.74) is 10.0. The Morgan fingerprint density at radius 3 is 2.50 bits per heavy atom. The SMILES string of the molecule is COC(=O)C(CCC(C(=O)OC)n1cc(-c2ccccc2)nn1)N=[N+]=[N-]. The van der Waals surface area contributed by atoms with Crippen molar-refractivity contribution in [2.75, 3.05) is 14.2 Å². The number of benzene rings is 1. The van der Waals surface area contributed by atoms with E-state index in [-0.39, 0.29) is 12.8 Å². The predicted molar refractivity (Wildman–Crippen MR) is 90.7 cm³/mol. The molecule has 0 saturated heterocycles. The number of rotatable bonds is 8. The quantitative estimate of drug-likeness (QED) is 0.308. The van der Waals surface area contributed by atoms with Gasteiger partial charge in [-0.05, 0) is 18.4 Å². The molecular weight excluding hydrogens is 340 g/mol. The van der Waals surface area contributed by atoms with E-state index in [9.17, 15) is 9.59 Å². The molecule has 0 amide bonds. The van der Waals surface area contributed by atoms with Crippen molar-refractivity contribution in [1.29, 1.82) is 0 Å². The Labute approximate surface area is 149 Å². The Balaban J connectivity index is 2.20. The zero-order chi connectivity index (χ0) is 18.9. The van der Waals surface area contributed by atoms with Crippen molar-refractivity contribution < 1.29 is 19.1 Å². The monoisotopic (exact) mass is 358 g/mol. The third kappa shape index (κ3) is 4.58. The van der Waals surface area contributed by atoms with Crippen LogP contribution in [0.15, 0.2) is 41.6 Å². The Bertz CT molecular complexity index is 800. The van der Waals surface area contributed by atoms with Crippen LogP contribution < -0.4 is 0 Å². The summed E-state index contributed by atoms with van der Waals surface area (Å²) in [6, 6.07) is 7.51. The van der Waals surface area contributed by atoms with Crippen molar-refractivity contribution in [3.8, 4) is 11.3 Å². The summed E-state index contributed by atoms with van der Waals surface area (Å²) in [6.45, 7) is 0. The molecule has 0 aliphatic heterocycles. The summed E-state index contributed by atoms with van der Waals surface area (Å²) in [5, 5.41) is 11.5. The average molecular weight is 358 g/mol. The van der Waals surface area contributed by atoms with Crippen LogP contribution in [-0.2, 0) is 19.1 Å². The number of carbonyl (C=O) groups is 2. The summed E-state index contributed by atoms with van der Waals surface area (Å²) in [7, 11) is 2.46. The molecule has 136 valence electrons. The van der Waals surface area contributed by atoms with Gasteiger partial charge in [-0.25, -0.2) is 9.48 Å². The molecule has 2 atom stereocenters. The van der Waals surface area contributed by atoms with Gasteiger partial charge >= 0.3 is 11.9 Å². The average Bonchev–Trinajstić information content (AvgIpc) is 3.17. The first-order chi connectivity index (χ1) is 12.6. The standard InChI is InChI=1S/C16H18N6O4/c1-25-15(23)12(18-20-17)8-9-14(16(24)26-2)22-10-13(19-21-22)11-6-4-3-5-7-11/h3-7,10,12,14H,8-9H2,1-2H3. The highest BCUT2D eigenvalue weighted by Gasteiger charge is 2.27. The molecule has 1 heterocycles. The lowest BCUT2D eigenvalue weighted by molar-refractivity contribution is -0.146. The minimum Gasteiger partial charge on any atom is -0.469 e. The van der Waals surface area contributed by atoms with Crippen LogP contribution in [0.25, 0.3) is 21.7 Å². The van der Waals surface area contributed by atoms with Crippen LogP contribution in [-0.4, -0.2) is 47.2 Å². The fourth-order valence-electron chi connectivity index (χ4n) is 2.40. The van der Waals surface area contributed by atoms with E-state index in [1.54, 1.807) is 6.20 Å². The molecule has 26 heavy (non-hydrogen) atoms. The molecule has 2 rings (SSSR count). The van der Waals surface area contributed by atoms with Crippen molar-refractivity contribution in [3.63, 3.8) is 0 Å². The van der Waals surface area contributed by atoms with Crippen molar-refractivity contribution >= 4 is 11.9 Å². The summed E-state index contributed by atoms with van der Waals surface area (Å²) in [4.78, 5) is 26.4. The van der Waals surface area contributed by atoms with Crippen molar-refractivity contribution in [2.24, 2.45) is 5.11 Å². The highest BCUT2D eigenvalue weighted by Crippen LogP contribution is 2.21. The number of aromatic nitrogens is 3. The lowest BCUT2D eigenvalue weighted by Gasteiger charge is -2.16. The fourth-order valence-corrected chi connectivity index (χ4v) is 2.40. The van der Waals surface area contributed by atoms with E-state index in [0.29, 0.717) is 5.69 Å². The van der Waals surface area contributed by atoms with E-state index >= 15 is 0 Å².